The van der Waals surface area contributed by atoms with E-state index in [4.69, 9.17) is 9.15 Å². The van der Waals surface area contributed by atoms with Gasteiger partial charge < -0.3 is 24.5 Å². The molecule has 0 aromatic carbocycles. The van der Waals surface area contributed by atoms with Gasteiger partial charge in [-0.05, 0) is 48.6 Å². The Bertz CT molecular complexity index is 601. The smallest absolute Gasteiger partial charge is 0.318 e. The van der Waals surface area contributed by atoms with Crippen LogP contribution in [0.2, 0.25) is 0 Å². The highest BCUT2D eigenvalue weighted by molar-refractivity contribution is 5.76. The van der Waals surface area contributed by atoms with E-state index >= 15 is 0 Å². The summed E-state index contributed by atoms with van der Waals surface area (Å²) in [6.07, 6.45) is 3.37. The predicted octanol–water partition coefficient (Wildman–Crippen LogP) is 2.40. The Morgan fingerprint density at radius 1 is 1.40 bits per heavy atom. The highest BCUT2D eigenvalue weighted by Gasteiger charge is 2.60. The van der Waals surface area contributed by atoms with Gasteiger partial charge in [0, 0.05) is 13.2 Å². The van der Waals surface area contributed by atoms with Gasteiger partial charge in [-0.2, -0.15) is 0 Å². The number of furan rings is 1. The van der Waals surface area contributed by atoms with E-state index in [-0.39, 0.29) is 24.2 Å². The zero-order valence-corrected chi connectivity index (χ0v) is 14.9. The van der Waals surface area contributed by atoms with Crippen molar-refractivity contribution >= 4 is 6.03 Å². The maximum atomic E-state index is 12.9. The normalized spacial score (nSPS) is 34.1. The number of carbonyl (C=O) groups excluding carboxylic acids is 1. The number of nitrogens with zero attached hydrogens (tertiary/aromatic N) is 1. The van der Waals surface area contributed by atoms with Gasteiger partial charge in [-0.15, -0.1) is 0 Å². The number of likely N-dealkylation sites (tertiary alicyclic amines) is 1. The maximum absolute atomic E-state index is 12.9. The summed E-state index contributed by atoms with van der Waals surface area (Å²) in [6, 6.07) is 3.23. The van der Waals surface area contributed by atoms with Crippen LogP contribution in [0.3, 0.4) is 0 Å². The molecule has 6 atom stereocenters. The molecule has 0 radical (unpaired) electrons. The molecule has 0 spiro atoms. The first-order valence-corrected chi connectivity index (χ1v) is 9.41. The Kier molecular flexibility index (Phi) is 4.50. The van der Waals surface area contributed by atoms with Crippen molar-refractivity contribution in [2.45, 2.75) is 44.9 Å². The molecule has 2 bridgehead atoms. The lowest BCUT2D eigenvalue weighted by Gasteiger charge is -2.30. The molecule has 2 aliphatic carbocycles. The second kappa shape index (κ2) is 6.65. The van der Waals surface area contributed by atoms with E-state index in [1.807, 2.05) is 17.0 Å². The Morgan fingerprint density at radius 3 is 2.92 bits per heavy atom. The quantitative estimate of drug-likeness (QED) is 0.828. The van der Waals surface area contributed by atoms with E-state index in [1.165, 1.54) is 0 Å². The highest BCUT2D eigenvalue weighted by atomic mass is 16.5. The number of aliphatic hydroxyl groups excluding tert-OH is 1. The lowest BCUT2D eigenvalue weighted by Crippen LogP contribution is -2.49. The van der Waals surface area contributed by atoms with E-state index in [9.17, 15) is 9.90 Å². The van der Waals surface area contributed by atoms with Crippen molar-refractivity contribution in [3.8, 4) is 0 Å². The zero-order chi connectivity index (χ0) is 17.6. The number of hydrogen-bond acceptors (Lipinski definition) is 4. The van der Waals surface area contributed by atoms with Crippen LogP contribution in [0.1, 0.15) is 38.5 Å². The van der Waals surface area contributed by atoms with E-state index in [0.717, 1.165) is 19.4 Å². The van der Waals surface area contributed by atoms with Crippen LogP contribution in [-0.2, 0) is 4.74 Å². The van der Waals surface area contributed by atoms with Crippen molar-refractivity contribution in [1.29, 1.82) is 0 Å². The van der Waals surface area contributed by atoms with Gasteiger partial charge in [0.05, 0.1) is 25.0 Å². The Balaban J connectivity index is 1.42. The number of aliphatic hydroxyl groups is 1. The van der Waals surface area contributed by atoms with Crippen molar-refractivity contribution in [3.63, 3.8) is 0 Å². The number of nitrogens with one attached hydrogen (secondary N) is 1. The molecular formula is C19H28N2O4. The molecule has 3 fully saturated rings. The van der Waals surface area contributed by atoms with Crippen LogP contribution in [0.5, 0.6) is 0 Å². The average molecular weight is 348 g/mol. The summed E-state index contributed by atoms with van der Waals surface area (Å²) in [7, 11) is 0. The van der Waals surface area contributed by atoms with Crippen LogP contribution < -0.4 is 5.32 Å². The number of fused-ring (bicyclic) bond motifs is 1. The molecule has 1 saturated heterocycles. The first-order chi connectivity index (χ1) is 12.0. The Hall–Kier alpha value is -1.53. The Morgan fingerprint density at radius 2 is 2.24 bits per heavy atom. The molecule has 1 aliphatic heterocycles. The molecule has 2 heterocycles. The molecule has 6 heteroatoms. The van der Waals surface area contributed by atoms with Gasteiger partial charge in [-0.3, -0.25) is 0 Å². The van der Waals surface area contributed by atoms with Gasteiger partial charge >= 0.3 is 6.03 Å². The molecule has 2 amide bonds. The van der Waals surface area contributed by atoms with Crippen LogP contribution in [0, 0.1) is 23.7 Å². The summed E-state index contributed by atoms with van der Waals surface area (Å²) >= 11 is 0. The van der Waals surface area contributed by atoms with Crippen molar-refractivity contribution in [2.24, 2.45) is 23.7 Å². The largest absolute Gasteiger partial charge is 0.467 e. The van der Waals surface area contributed by atoms with Crippen LogP contribution in [0.25, 0.3) is 0 Å². The third-order valence-corrected chi connectivity index (χ3v) is 6.03. The second-order valence-electron chi connectivity index (χ2n) is 8.24. The molecular weight excluding hydrogens is 320 g/mol. The lowest BCUT2D eigenvalue weighted by molar-refractivity contribution is 0.0567. The van der Waals surface area contributed by atoms with Crippen LogP contribution in [0.4, 0.5) is 4.79 Å². The number of urea groups is 1. The van der Waals surface area contributed by atoms with E-state index < -0.39 is 0 Å². The molecule has 138 valence electrons. The van der Waals surface area contributed by atoms with Crippen molar-refractivity contribution < 1.29 is 19.1 Å². The van der Waals surface area contributed by atoms with Crippen molar-refractivity contribution in [2.75, 3.05) is 19.8 Å². The summed E-state index contributed by atoms with van der Waals surface area (Å²) < 4.78 is 11.2. The number of hydrogen-bond donors (Lipinski definition) is 2. The number of carbonyl (C=O) groups is 1. The van der Waals surface area contributed by atoms with Crippen LogP contribution in [0.15, 0.2) is 22.8 Å². The third-order valence-electron chi connectivity index (χ3n) is 6.03. The van der Waals surface area contributed by atoms with Gasteiger partial charge in [0.2, 0.25) is 0 Å². The second-order valence-corrected chi connectivity index (χ2v) is 8.24. The standard InChI is InChI=1S/C19H28N2O4/c1-11(2)9-24-10-15(16-4-3-5-25-16)20-19(23)21-8-13-6-12-7-14(13)17(21)18(12)22/h3-5,11-15,17-18,22H,6-10H2,1-2H3,(H,20,23). The molecule has 2 N–H and O–H groups in total. The fourth-order valence-electron chi connectivity index (χ4n) is 4.99. The van der Waals surface area contributed by atoms with Crippen molar-refractivity contribution in [3.05, 3.63) is 24.2 Å². The minimum atomic E-state index is -0.367. The Labute approximate surface area is 148 Å². The lowest BCUT2D eigenvalue weighted by atomic mass is 9.88. The van der Waals surface area contributed by atoms with Gasteiger partial charge in [-0.25, -0.2) is 4.79 Å². The fraction of sp³-hybridized carbons (Fsp3) is 0.737. The van der Waals surface area contributed by atoms with E-state index in [0.29, 0.717) is 42.6 Å². The predicted molar refractivity (Wildman–Crippen MR) is 91.8 cm³/mol. The van der Waals surface area contributed by atoms with Gasteiger partial charge in [-0.1, -0.05) is 13.8 Å². The zero-order valence-electron chi connectivity index (χ0n) is 14.9. The summed E-state index contributed by atoms with van der Waals surface area (Å²) in [4.78, 5) is 14.8. The molecule has 2 saturated carbocycles. The van der Waals surface area contributed by atoms with Crippen molar-refractivity contribution in [1.82, 2.24) is 10.2 Å². The first kappa shape index (κ1) is 16.9. The number of amides is 2. The monoisotopic (exact) mass is 348 g/mol. The topological polar surface area (TPSA) is 74.9 Å². The summed E-state index contributed by atoms with van der Waals surface area (Å²) in [5, 5.41) is 13.5. The van der Waals surface area contributed by atoms with E-state index in [1.54, 1.807) is 6.26 Å². The average Bonchev–Trinajstić information content (AvgIpc) is 3.29. The molecule has 6 unspecified atom stereocenters. The number of rotatable bonds is 6. The van der Waals surface area contributed by atoms with Crippen LogP contribution >= 0.6 is 0 Å². The van der Waals surface area contributed by atoms with E-state index in [2.05, 4.69) is 19.2 Å². The molecule has 25 heavy (non-hydrogen) atoms. The SMILES string of the molecule is CC(C)COCC(NC(=O)N1CC2CC3CC2C1C3O)c1ccco1. The number of ether oxygens (including phenoxy) is 1. The first-order valence-electron chi connectivity index (χ1n) is 9.41. The molecule has 4 rings (SSSR count). The molecule has 3 aliphatic rings. The van der Waals surface area contributed by atoms with Gasteiger partial charge in [0.1, 0.15) is 11.8 Å². The summed E-state index contributed by atoms with van der Waals surface area (Å²) in [6.45, 7) is 5.97. The minimum absolute atomic E-state index is 0.0161. The molecule has 1 aromatic rings. The highest BCUT2D eigenvalue weighted by Crippen LogP contribution is 2.54. The fourth-order valence-corrected chi connectivity index (χ4v) is 4.99. The van der Waals surface area contributed by atoms with Gasteiger partial charge in [0.15, 0.2) is 0 Å². The molecule has 1 aromatic heterocycles. The maximum Gasteiger partial charge on any atom is 0.318 e. The third kappa shape index (κ3) is 3.06. The summed E-state index contributed by atoms with van der Waals surface area (Å²) in [5.41, 5.74) is 0. The molecule has 6 nitrogen and oxygen atoms in total. The van der Waals surface area contributed by atoms with Gasteiger partial charge in [0.25, 0.3) is 0 Å². The van der Waals surface area contributed by atoms with Crippen LogP contribution in [-0.4, -0.2) is 47.9 Å². The minimum Gasteiger partial charge on any atom is -0.467 e. The summed E-state index contributed by atoms with van der Waals surface area (Å²) in [5.74, 6) is 2.55.